The Morgan fingerprint density at radius 3 is 2.44 bits per heavy atom. The smallest absolute Gasteiger partial charge is 0.0107 e. The van der Waals surface area contributed by atoms with Crippen LogP contribution in [0.25, 0.3) is 0 Å². The quantitative estimate of drug-likeness (QED) is 0.636. The third-order valence-electron chi connectivity index (χ3n) is 4.58. The fourth-order valence-corrected chi connectivity index (χ4v) is 2.93. The minimum Gasteiger partial charge on any atom is -0.315 e. The number of rotatable bonds is 9. The lowest BCUT2D eigenvalue weighted by molar-refractivity contribution is 0.240. The van der Waals surface area contributed by atoms with Crippen molar-refractivity contribution in [1.82, 2.24) is 15.1 Å². The molecular formula is C15H33N3. The second kappa shape index (κ2) is 8.13. The highest BCUT2D eigenvalue weighted by molar-refractivity contribution is 4.87. The molecule has 0 aromatic carbocycles. The monoisotopic (exact) mass is 255 g/mol. The molecule has 1 saturated heterocycles. The molecule has 108 valence electrons. The molecule has 0 aromatic heterocycles. The minimum absolute atomic E-state index is 0.630. The predicted octanol–water partition coefficient (Wildman–Crippen LogP) is 2.04. The van der Waals surface area contributed by atoms with Crippen molar-refractivity contribution < 1.29 is 0 Å². The van der Waals surface area contributed by atoms with E-state index in [1.807, 2.05) is 0 Å². The zero-order valence-corrected chi connectivity index (χ0v) is 13.0. The van der Waals surface area contributed by atoms with E-state index in [9.17, 15) is 0 Å². The molecule has 0 atom stereocenters. The lowest BCUT2D eigenvalue weighted by Crippen LogP contribution is -2.33. The Morgan fingerprint density at radius 2 is 1.89 bits per heavy atom. The van der Waals surface area contributed by atoms with Crippen molar-refractivity contribution in [1.29, 1.82) is 0 Å². The molecule has 1 N–H and O–H groups in total. The molecule has 1 aliphatic rings. The zero-order valence-electron chi connectivity index (χ0n) is 13.0. The van der Waals surface area contributed by atoms with Gasteiger partial charge < -0.3 is 15.1 Å². The van der Waals surface area contributed by atoms with Crippen LogP contribution in [-0.2, 0) is 0 Å². The third-order valence-corrected chi connectivity index (χ3v) is 4.58. The third kappa shape index (κ3) is 5.25. The SMILES string of the molecule is CCC1(CC)CCN(CCNCCCN(C)C)C1. The maximum absolute atomic E-state index is 3.56. The summed E-state index contributed by atoms with van der Waals surface area (Å²) < 4.78 is 0. The van der Waals surface area contributed by atoms with Crippen LogP contribution in [0.4, 0.5) is 0 Å². The van der Waals surface area contributed by atoms with E-state index < -0.39 is 0 Å². The van der Waals surface area contributed by atoms with Crippen molar-refractivity contribution in [3.63, 3.8) is 0 Å². The van der Waals surface area contributed by atoms with Crippen LogP contribution < -0.4 is 5.32 Å². The van der Waals surface area contributed by atoms with Gasteiger partial charge in [0.1, 0.15) is 0 Å². The van der Waals surface area contributed by atoms with Gasteiger partial charge >= 0.3 is 0 Å². The largest absolute Gasteiger partial charge is 0.315 e. The normalized spacial score (nSPS) is 19.8. The molecule has 18 heavy (non-hydrogen) atoms. The van der Waals surface area contributed by atoms with Gasteiger partial charge in [0.25, 0.3) is 0 Å². The van der Waals surface area contributed by atoms with E-state index in [1.54, 1.807) is 0 Å². The maximum Gasteiger partial charge on any atom is 0.0107 e. The van der Waals surface area contributed by atoms with Crippen molar-refractivity contribution in [2.75, 3.05) is 53.4 Å². The molecule has 0 unspecified atom stereocenters. The van der Waals surface area contributed by atoms with E-state index >= 15 is 0 Å². The van der Waals surface area contributed by atoms with Crippen LogP contribution in [0.2, 0.25) is 0 Å². The van der Waals surface area contributed by atoms with Crippen LogP contribution in [0, 0.1) is 5.41 Å². The first-order valence-corrected chi connectivity index (χ1v) is 7.69. The van der Waals surface area contributed by atoms with Gasteiger partial charge in [-0.3, -0.25) is 0 Å². The number of hydrogen-bond donors (Lipinski definition) is 1. The Morgan fingerprint density at radius 1 is 1.17 bits per heavy atom. The summed E-state index contributed by atoms with van der Waals surface area (Å²) in [6.45, 7) is 12.0. The Balaban J connectivity index is 2.04. The summed E-state index contributed by atoms with van der Waals surface area (Å²) in [6.07, 6.45) is 5.34. The summed E-state index contributed by atoms with van der Waals surface area (Å²) in [6, 6.07) is 0. The Kier molecular flexibility index (Phi) is 7.20. The van der Waals surface area contributed by atoms with Gasteiger partial charge in [0, 0.05) is 19.6 Å². The summed E-state index contributed by atoms with van der Waals surface area (Å²) in [7, 11) is 4.28. The molecule has 3 nitrogen and oxygen atoms in total. The molecule has 1 fully saturated rings. The van der Waals surface area contributed by atoms with Gasteiger partial charge in [-0.25, -0.2) is 0 Å². The van der Waals surface area contributed by atoms with Crippen molar-refractivity contribution in [2.45, 2.75) is 39.5 Å². The molecule has 0 aliphatic carbocycles. The van der Waals surface area contributed by atoms with Gasteiger partial charge in [-0.1, -0.05) is 13.8 Å². The summed E-state index contributed by atoms with van der Waals surface area (Å²) in [5, 5.41) is 3.56. The average molecular weight is 255 g/mol. The fourth-order valence-electron chi connectivity index (χ4n) is 2.93. The number of nitrogens with one attached hydrogen (secondary N) is 1. The molecule has 1 aliphatic heterocycles. The number of nitrogens with zero attached hydrogens (tertiary/aromatic N) is 2. The van der Waals surface area contributed by atoms with E-state index in [0.717, 1.165) is 13.1 Å². The summed E-state index contributed by atoms with van der Waals surface area (Å²) in [5.41, 5.74) is 0.630. The van der Waals surface area contributed by atoms with Gasteiger partial charge in [0.15, 0.2) is 0 Å². The molecular weight excluding hydrogens is 222 g/mol. The van der Waals surface area contributed by atoms with Crippen molar-refractivity contribution >= 4 is 0 Å². The first-order valence-electron chi connectivity index (χ1n) is 7.69. The fraction of sp³-hybridized carbons (Fsp3) is 1.00. The summed E-state index contributed by atoms with van der Waals surface area (Å²) in [4.78, 5) is 4.89. The van der Waals surface area contributed by atoms with Crippen LogP contribution in [0.1, 0.15) is 39.5 Å². The van der Waals surface area contributed by atoms with Crippen molar-refractivity contribution in [3.05, 3.63) is 0 Å². The van der Waals surface area contributed by atoms with Crippen molar-refractivity contribution in [3.8, 4) is 0 Å². The molecule has 1 heterocycles. The highest BCUT2D eigenvalue weighted by Gasteiger charge is 2.34. The Labute approximate surface area is 114 Å². The van der Waals surface area contributed by atoms with Crippen LogP contribution in [0.15, 0.2) is 0 Å². The van der Waals surface area contributed by atoms with Crippen LogP contribution in [0.5, 0.6) is 0 Å². The van der Waals surface area contributed by atoms with E-state index in [-0.39, 0.29) is 0 Å². The van der Waals surface area contributed by atoms with E-state index in [0.29, 0.717) is 5.41 Å². The minimum atomic E-state index is 0.630. The van der Waals surface area contributed by atoms with Gasteiger partial charge in [-0.05, 0) is 64.8 Å². The summed E-state index contributed by atoms with van der Waals surface area (Å²) >= 11 is 0. The topological polar surface area (TPSA) is 18.5 Å². The van der Waals surface area contributed by atoms with Crippen molar-refractivity contribution in [2.24, 2.45) is 5.41 Å². The lowest BCUT2D eigenvalue weighted by Gasteiger charge is -2.26. The second-order valence-corrected chi connectivity index (χ2v) is 6.14. The first kappa shape index (κ1) is 15.9. The molecule has 3 heteroatoms. The predicted molar refractivity (Wildman–Crippen MR) is 80.1 cm³/mol. The van der Waals surface area contributed by atoms with Crippen LogP contribution in [-0.4, -0.2) is 63.2 Å². The van der Waals surface area contributed by atoms with Crippen LogP contribution >= 0.6 is 0 Å². The molecule has 0 saturated carbocycles. The van der Waals surface area contributed by atoms with Gasteiger partial charge in [-0.2, -0.15) is 0 Å². The maximum atomic E-state index is 3.56. The molecule has 0 amide bonds. The van der Waals surface area contributed by atoms with E-state index in [1.165, 1.54) is 51.9 Å². The molecule has 0 aromatic rings. The van der Waals surface area contributed by atoms with Crippen LogP contribution in [0.3, 0.4) is 0 Å². The number of likely N-dealkylation sites (tertiary alicyclic amines) is 1. The number of hydrogen-bond acceptors (Lipinski definition) is 3. The molecule has 0 bridgehead atoms. The Hall–Kier alpha value is -0.120. The Bertz CT molecular complexity index is 212. The lowest BCUT2D eigenvalue weighted by atomic mass is 9.82. The standard InChI is InChI=1S/C15H33N3/c1-5-15(6-2)8-12-18(14-15)13-10-16-9-7-11-17(3)4/h16H,5-14H2,1-4H3. The highest BCUT2D eigenvalue weighted by Crippen LogP contribution is 2.36. The molecule has 1 rings (SSSR count). The highest BCUT2D eigenvalue weighted by atomic mass is 15.2. The second-order valence-electron chi connectivity index (χ2n) is 6.14. The summed E-state index contributed by atoms with van der Waals surface area (Å²) in [5.74, 6) is 0. The molecule has 0 spiro atoms. The van der Waals surface area contributed by atoms with Gasteiger partial charge in [-0.15, -0.1) is 0 Å². The van der Waals surface area contributed by atoms with Gasteiger partial charge in [0.2, 0.25) is 0 Å². The van der Waals surface area contributed by atoms with Gasteiger partial charge in [0.05, 0.1) is 0 Å². The first-order chi connectivity index (χ1) is 8.62. The average Bonchev–Trinajstić information content (AvgIpc) is 2.77. The van der Waals surface area contributed by atoms with E-state index in [4.69, 9.17) is 0 Å². The van der Waals surface area contributed by atoms with E-state index in [2.05, 4.69) is 43.1 Å². The zero-order chi connectivity index (χ0) is 13.4. The molecule has 0 radical (unpaired) electrons.